The molecule has 4 rings (SSSR count). The third-order valence-electron chi connectivity index (χ3n) is 6.88. The van der Waals surface area contributed by atoms with Gasteiger partial charge in [0.25, 0.3) is 11.8 Å². The molecule has 3 heterocycles. The van der Waals surface area contributed by atoms with Gasteiger partial charge in [-0.1, -0.05) is 13.3 Å². The monoisotopic (exact) mass is 463 g/mol. The summed E-state index contributed by atoms with van der Waals surface area (Å²) in [5, 5.41) is 6.44. The van der Waals surface area contributed by atoms with Crippen LogP contribution in [0.5, 0.6) is 0 Å². The number of unbranched alkanes of at least 4 members (excludes halogenated alkanes) is 1. The van der Waals surface area contributed by atoms with Crippen molar-refractivity contribution in [3.8, 4) is 0 Å². The lowest BCUT2D eigenvalue weighted by atomic mass is 9.96. The van der Waals surface area contributed by atoms with Gasteiger partial charge in [-0.3, -0.25) is 14.4 Å². The van der Waals surface area contributed by atoms with Gasteiger partial charge in [0.05, 0.1) is 5.56 Å². The molecule has 3 atom stereocenters. The molecule has 1 aromatic heterocycles. The van der Waals surface area contributed by atoms with Crippen molar-refractivity contribution in [2.75, 3.05) is 16.8 Å². The van der Waals surface area contributed by atoms with E-state index in [1.54, 1.807) is 31.3 Å². The lowest BCUT2D eigenvalue weighted by Crippen LogP contribution is -2.50. The second-order valence-electron chi connectivity index (χ2n) is 9.30. The third kappa shape index (κ3) is 5.05. The first-order valence-corrected chi connectivity index (χ1v) is 12.1. The largest absolute Gasteiger partial charge is 0.384 e. The van der Waals surface area contributed by atoms with Gasteiger partial charge in [0.15, 0.2) is 5.78 Å². The molecule has 2 bridgehead atoms. The summed E-state index contributed by atoms with van der Waals surface area (Å²) in [5.41, 5.74) is 7.63. The molecule has 2 saturated heterocycles. The van der Waals surface area contributed by atoms with Gasteiger partial charge in [-0.05, 0) is 69.4 Å². The molecule has 2 fully saturated rings. The van der Waals surface area contributed by atoms with Crippen LogP contribution in [0.25, 0.3) is 0 Å². The zero-order valence-electron chi connectivity index (χ0n) is 19.8. The molecule has 34 heavy (non-hydrogen) atoms. The van der Waals surface area contributed by atoms with Crippen molar-refractivity contribution in [3.05, 3.63) is 53.2 Å². The molecule has 0 aliphatic carbocycles. The minimum atomic E-state index is -0.514. The molecule has 0 spiro atoms. The number of primary amides is 1. The Kier molecular flexibility index (Phi) is 7.14. The van der Waals surface area contributed by atoms with Gasteiger partial charge in [0.1, 0.15) is 5.82 Å². The van der Waals surface area contributed by atoms with E-state index in [2.05, 4.69) is 27.4 Å². The predicted octanol–water partition coefficient (Wildman–Crippen LogP) is 3.52. The number of nitrogens with two attached hydrogens (primary N) is 1. The predicted molar refractivity (Wildman–Crippen MR) is 132 cm³/mol. The molecule has 180 valence electrons. The number of Topliss-reactive ketones (excluding diaryl/α,β-unsaturated/α-hetero) is 1. The molecule has 0 radical (unpaired) electrons. The Morgan fingerprint density at radius 2 is 1.79 bits per heavy atom. The average Bonchev–Trinajstić information content (AvgIpc) is 3.09. The zero-order valence-corrected chi connectivity index (χ0v) is 19.8. The van der Waals surface area contributed by atoms with Gasteiger partial charge in [-0.2, -0.15) is 0 Å². The first-order chi connectivity index (χ1) is 16.4. The van der Waals surface area contributed by atoms with Crippen LogP contribution in [0.1, 0.15) is 83.4 Å². The highest BCUT2D eigenvalue weighted by Gasteiger charge is 2.41. The van der Waals surface area contributed by atoms with Crippen LogP contribution in [-0.4, -0.2) is 47.3 Å². The highest BCUT2D eigenvalue weighted by molar-refractivity contribution is 6.02. The van der Waals surface area contributed by atoms with Crippen molar-refractivity contribution >= 4 is 29.1 Å². The lowest BCUT2D eigenvalue weighted by Gasteiger charge is -2.40. The van der Waals surface area contributed by atoms with Crippen molar-refractivity contribution in [1.29, 1.82) is 0 Å². The number of fused-ring (bicyclic) bond motifs is 2. The maximum Gasteiger partial charge on any atom is 0.251 e. The van der Waals surface area contributed by atoms with E-state index in [-0.39, 0.29) is 17.7 Å². The number of ketones is 1. The first kappa shape index (κ1) is 23.7. The number of nitrogens with zero attached hydrogens (tertiary/aromatic N) is 2. The summed E-state index contributed by atoms with van der Waals surface area (Å²) < 4.78 is 0. The van der Waals surface area contributed by atoms with E-state index in [0.717, 1.165) is 44.3 Å². The SMILES string of the molecule is CCCCNc1cc(C(=O)N[C@H]2C[C@H]3CC[C@@H](C2)N3c2ccc(C(C)=O)cn2)ccc1C(N)=O. The number of benzene rings is 1. The highest BCUT2D eigenvalue weighted by Crippen LogP contribution is 2.38. The van der Waals surface area contributed by atoms with Crippen LogP contribution in [0.3, 0.4) is 0 Å². The number of piperidine rings is 1. The summed E-state index contributed by atoms with van der Waals surface area (Å²) >= 11 is 0. The fraction of sp³-hybridized carbons (Fsp3) is 0.462. The minimum Gasteiger partial charge on any atom is -0.384 e. The molecule has 0 saturated carbocycles. The molecule has 2 aliphatic rings. The number of carbonyl (C=O) groups excluding carboxylic acids is 3. The normalized spacial score (nSPS) is 21.2. The van der Waals surface area contributed by atoms with Crippen LogP contribution in [0, 0.1) is 0 Å². The number of anilines is 2. The molecule has 1 aromatic carbocycles. The molecular formula is C26H33N5O3. The van der Waals surface area contributed by atoms with Gasteiger partial charge < -0.3 is 21.3 Å². The Morgan fingerprint density at radius 1 is 1.09 bits per heavy atom. The maximum atomic E-state index is 13.0. The quantitative estimate of drug-likeness (QED) is 0.387. The fourth-order valence-corrected chi connectivity index (χ4v) is 5.13. The van der Waals surface area contributed by atoms with Crippen LogP contribution in [0.2, 0.25) is 0 Å². The number of carbonyl (C=O) groups is 3. The fourth-order valence-electron chi connectivity index (χ4n) is 5.13. The first-order valence-electron chi connectivity index (χ1n) is 12.1. The Morgan fingerprint density at radius 3 is 2.38 bits per heavy atom. The van der Waals surface area contributed by atoms with E-state index in [4.69, 9.17) is 5.73 Å². The van der Waals surface area contributed by atoms with Crippen molar-refractivity contribution in [2.24, 2.45) is 5.73 Å². The van der Waals surface area contributed by atoms with Crippen LogP contribution in [0.15, 0.2) is 36.5 Å². The Bertz CT molecular complexity index is 1050. The zero-order chi connectivity index (χ0) is 24.2. The number of aromatic nitrogens is 1. The van der Waals surface area contributed by atoms with Crippen molar-refractivity contribution in [2.45, 2.75) is 70.5 Å². The van der Waals surface area contributed by atoms with E-state index in [1.807, 2.05) is 12.1 Å². The Labute approximate surface area is 200 Å². The number of amides is 2. The number of pyridine rings is 1. The van der Waals surface area contributed by atoms with Gasteiger partial charge in [-0.15, -0.1) is 0 Å². The van der Waals surface area contributed by atoms with Gasteiger partial charge >= 0.3 is 0 Å². The molecule has 8 heteroatoms. The number of rotatable bonds is 9. The van der Waals surface area contributed by atoms with E-state index in [9.17, 15) is 14.4 Å². The lowest BCUT2D eigenvalue weighted by molar-refractivity contribution is 0.0924. The summed E-state index contributed by atoms with van der Waals surface area (Å²) in [6, 6.07) is 9.44. The van der Waals surface area contributed by atoms with Crippen LogP contribution >= 0.6 is 0 Å². The smallest absolute Gasteiger partial charge is 0.251 e. The van der Waals surface area contributed by atoms with E-state index < -0.39 is 5.91 Å². The Hall–Kier alpha value is -3.42. The van der Waals surface area contributed by atoms with E-state index in [0.29, 0.717) is 41.0 Å². The summed E-state index contributed by atoms with van der Waals surface area (Å²) in [5.74, 6) is 0.249. The molecule has 2 aliphatic heterocycles. The Balaban J connectivity index is 1.42. The van der Waals surface area contributed by atoms with Gasteiger partial charge in [0.2, 0.25) is 0 Å². The van der Waals surface area contributed by atoms with Gasteiger partial charge in [-0.25, -0.2) is 4.98 Å². The van der Waals surface area contributed by atoms with Crippen molar-refractivity contribution < 1.29 is 14.4 Å². The van der Waals surface area contributed by atoms with Crippen molar-refractivity contribution in [3.63, 3.8) is 0 Å². The molecule has 8 nitrogen and oxygen atoms in total. The van der Waals surface area contributed by atoms with E-state index in [1.165, 1.54) is 0 Å². The summed E-state index contributed by atoms with van der Waals surface area (Å²) in [6.45, 7) is 4.35. The van der Waals surface area contributed by atoms with Crippen LogP contribution in [-0.2, 0) is 0 Å². The molecule has 2 aromatic rings. The van der Waals surface area contributed by atoms with E-state index >= 15 is 0 Å². The summed E-state index contributed by atoms with van der Waals surface area (Å²) in [7, 11) is 0. The number of nitrogens with one attached hydrogen (secondary N) is 2. The summed E-state index contributed by atoms with van der Waals surface area (Å²) in [6.07, 6.45) is 7.45. The topological polar surface area (TPSA) is 117 Å². The molecule has 0 unspecified atom stereocenters. The standard InChI is InChI=1S/C26H33N5O3/c1-3-4-11-28-23-12-17(5-9-22(23)25(27)33)26(34)30-19-13-20-7-8-21(14-19)31(20)24-10-6-18(15-29-24)16(2)32/h5-6,9-10,12,15,19-21,28H,3-4,7-8,11,13-14H2,1-2H3,(H2,27,33)(H,30,34)/t19-,20+,21-. The number of hydrogen-bond acceptors (Lipinski definition) is 6. The molecular weight excluding hydrogens is 430 g/mol. The summed E-state index contributed by atoms with van der Waals surface area (Å²) in [4.78, 5) is 43.3. The minimum absolute atomic E-state index is 0.0102. The number of hydrogen-bond donors (Lipinski definition) is 3. The van der Waals surface area contributed by atoms with Crippen LogP contribution in [0.4, 0.5) is 11.5 Å². The molecule has 2 amide bonds. The second-order valence-corrected chi connectivity index (χ2v) is 9.30. The second kappa shape index (κ2) is 10.2. The molecule has 4 N–H and O–H groups in total. The van der Waals surface area contributed by atoms with Crippen LogP contribution < -0.4 is 21.3 Å². The van der Waals surface area contributed by atoms with Gasteiger partial charge in [0, 0.05) is 47.7 Å². The average molecular weight is 464 g/mol. The third-order valence-corrected chi connectivity index (χ3v) is 6.88. The highest BCUT2D eigenvalue weighted by atomic mass is 16.2. The maximum absolute atomic E-state index is 13.0. The van der Waals surface area contributed by atoms with Crippen molar-refractivity contribution in [1.82, 2.24) is 10.3 Å².